The van der Waals surface area contributed by atoms with Gasteiger partial charge in [0.25, 0.3) is 0 Å². The lowest BCUT2D eigenvalue weighted by Crippen LogP contribution is -2.35. The fraction of sp³-hybridized carbons (Fsp3) is 0.550. The lowest BCUT2D eigenvalue weighted by Gasteiger charge is -2.17. The summed E-state index contributed by atoms with van der Waals surface area (Å²) >= 11 is 0. The Morgan fingerprint density at radius 1 is 1.12 bits per heavy atom. The molecule has 1 aromatic rings. The summed E-state index contributed by atoms with van der Waals surface area (Å²) in [7, 11) is 0. The van der Waals surface area contributed by atoms with E-state index in [9.17, 15) is 14.4 Å². The zero-order chi connectivity index (χ0) is 19.2. The van der Waals surface area contributed by atoms with E-state index in [0.29, 0.717) is 32.4 Å². The molecule has 0 unspecified atom stereocenters. The first-order valence-corrected chi connectivity index (χ1v) is 9.21. The van der Waals surface area contributed by atoms with Gasteiger partial charge >= 0.3 is 0 Å². The number of hydrogen-bond donors (Lipinski definition) is 2. The molecule has 1 aliphatic heterocycles. The monoisotopic (exact) mass is 359 g/mol. The molecule has 1 heterocycles. The predicted octanol–water partition coefficient (Wildman–Crippen LogP) is 2.37. The number of hydrogen-bond acceptors (Lipinski definition) is 3. The molecule has 2 N–H and O–H groups in total. The first-order chi connectivity index (χ1) is 12.3. The highest BCUT2D eigenvalue weighted by Gasteiger charge is 2.21. The molecule has 26 heavy (non-hydrogen) atoms. The third kappa shape index (κ3) is 5.86. The molecular weight excluding hydrogens is 330 g/mol. The van der Waals surface area contributed by atoms with Gasteiger partial charge in [-0.2, -0.15) is 0 Å². The van der Waals surface area contributed by atoms with Gasteiger partial charge in [-0.05, 0) is 30.5 Å². The predicted molar refractivity (Wildman–Crippen MR) is 102 cm³/mol. The van der Waals surface area contributed by atoms with Crippen LogP contribution in [-0.4, -0.2) is 30.8 Å². The van der Waals surface area contributed by atoms with Crippen LogP contribution < -0.4 is 15.5 Å². The third-order valence-electron chi connectivity index (χ3n) is 4.36. The number of benzene rings is 1. The molecule has 6 heteroatoms. The lowest BCUT2D eigenvalue weighted by molar-refractivity contribution is -0.128. The molecule has 1 aromatic carbocycles. The van der Waals surface area contributed by atoms with Crippen molar-refractivity contribution >= 4 is 23.4 Å². The van der Waals surface area contributed by atoms with E-state index in [-0.39, 0.29) is 17.7 Å². The van der Waals surface area contributed by atoms with E-state index in [1.54, 1.807) is 4.90 Å². The molecule has 1 saturated heterocycles. The maximum Gasteiger partial charge on any atom is 0.227 e. The number of nitrogens with zero attached hydrogens (tertiary/aromatic N) is 1. The van der Waals surface area contributed by atoms with E-state index < -0.39 is 5.41 Å². The van der Waals surface area contributed by atoms with Crippen molar-refractivity contribution in [3.63, 3.8) is 0 Å². The lowest BCUT2D eigenvalue weighted by atomic mass is 9.96. The third-order valence-corrected chi connectivity index (χ3v) is 4.36. The highest BCUT2D eigenvalue weighted by Crippen LogP contribution is 2.21. The van der Waals surface area contributed by atoms with Gasteiger partial charge in [-0.3, -0.25) is 14.4 Å². The Hall–Kier alpha value is -2.37. The summed E-state index contributed by atoms with van der Waals surface area (Å²) in [5.41, 5.74) is 1.50. The van der Waals surface area contributed by atoms with Crippen molar-refractivity contribution in [3.05, 3.63) is 29.8 Å². The number of anilines is 1. The van der Waals surface area contributed by atoms with Gasteiger partial charge < -0.3 is 15.5 Å². The van der Waals surface area contributed by atoms with Crippen LogP contribution in [0.4, 0.5) is 5.69 Å². The number of amides is 3. The normalized spacial score (nSPS) is 14.4. The average molecular weight is 359 g/mol. The van der Waals surface area contributed by atoms with Crippen LogP contribution in [0.3, 0.4) is 0 Å². The largest absolute Gasteiger partial charge is 0.356 e. The molecule has 6 nitrogen and oxygen atoms in total. The van der Waals surface area contributed by atoms with Crippen LogP contribution in [0.5, 0.6) is 0 Å². The van der Waals surface area contributed by atoms with Crippen molar-refractivity contribution < 1.29 is 14.4 Å². The minimum atomic E-state index is -0.409. The summed E-state index contributed by atoms with van der Waals surface area (Å²) in [5, 5.41) is 5.72. The van der Waals surface area contributed by atoms with E-state index >= 15 is 0 Å². The molecule has 0 aliphatic carbocycles. The molecular formula is C20H29N3O3. The van der Waals surface area contributed by atoms with Crippen LogP contribution in [0.25, 0.3) is 0 Å². The molecule has 0 saturated carbocycles. The Kier molecular flexibility index (Phi) is 6.77. The molecule has 2 rings (SSSR count). The van der Waals surface area contributed by atoms with Crippen molar-refractivity contribution in [3.8, 4) is 0 Å². The quantitative estimate of drug-likeness (QED) is 0.734. The van der Waals surface area contributed by atoms with Crippen LogP contribution in [0.1, 0.15) is 52.0 Å². The van der Waals surface area contributed by atoms with Gasteiger partial charge in [0.05, 0.1) is 0 Å². The Morgan fingerprint density at radius 2 is 1.81 bits per heavy atom. The molecule has 0 aromatic heterocycles. The maximum absolute atomic E-state index is 11.9. The molecule has 142 valence electrons. The fourth-order valence-electron chi connectivity index (χ4n) is 2.72. The molecule has 0 radical (unpaired) electrons. The topological polar surface area (TPSA) is 78.5 Å². The van der Waals surface area contributed by atoms with E-state index in [0.717, 1.165) is 24.2 Å². The summed E-state index contributed by atoms with van der Waals surface area (Å²) in [6, 6.07) is 7.72. The summed E-state index contributed by atoms with van der Waals surface area (Å²) in [4.78, 5) is 37.2. The zero-order valence-electron chi connectivity index (χ0n) is 15.9. The van der Waals surface area contributed by atoms with E-state index in [1.807, 2.05) is 45.0 Å². The number of rotatable bonds is 7. The van der Waals surface area contributed by atoms with Crippen molar-refractivity contribution in [1.82, 2.24) is 10.6 Å². The van der Waals surface area contributed by atoms with Crippen molar-refractivity contribution in [2.75, 3.05) is 18.0 Å². The summed E-state index contributed by atoms with van der Waals surface area (Å²) in [6.45, 7) is 7.32. The van der Waals surface area contributed by atoms with Crippen molar-refractivity contribution in [1.29, 1.82) is 0 Å². The Morgan fingerprint density at radius 3 is 2.38 bits per heavy atom. The van der Waals surface area contributed by atoms with E-state index in [1.165, 1.54) is 0 Å². The van der Waals surface area contributed by atoms with Crippen LogP contribution in [0, 0.1) is 5.41 Å². The van der Waals surface area contributed by atoms with E-state index in [4.69, 9.17) is 0 Å². The summed E-state index contributed by atoms with van der Waals surface area (Å²) in [6.07, 6.45) is 2.52. The summed E-state index contributed by atoms with van der Waals surface area (Å²) in [5.74, 6) is 0.132. The van der Waals surface area contributed by atoms with Crippen LogP contribution in [0.2, 0.25) is 0 Å². The Labute approximate surface area is 155 Å². The highest BCUT2D eigenvalue weighted by molar-refractivity contribution is 5.95. The van der Waals surface area contributed by atoms with Gasteiger partial charge in [-0.1, -0.05) is 32.9 Å². The molecule has 0 spiro atoms. The molecule has 3 amide bonds. The van der Waals surface area contributed by atoms with Gasteiger partial charge in [0.1, 0.15) is 0 Å². The first-order valence-electron chi connectivity index (χ1n) is 9.21. The smallest absolute Gasteiger partial charge is 0.227 e. The number of carbonyl (C=O) groups is 3. The van der Waals surface area contributed by atoms with Gasteiger partial charge in [0.2, 0.25) is 17.7 Å². The van der Waals surface area contributed by atoms with Gasteiger partial charge in [0, 0.05) is 43.6 Å². The fourth-order valence-corrected chi connectivity index (χ4v) is 2.72. The van der Waals surface area contributed by atoms with Crippen LogP contribution in [-0.2, 0) is 20.9 Å². The molecule has 0 bridgehead atoms. The van der Waals surface area contributed by atoms with Gasteiger partial charge in [-0.25, -0.2) is 0 Å². The maximum atomic E-state index is 11.9. The second kappa shape index (κ2) is 8.83. The van der Waals surface area contributed by atoms with Gasteiger partial charge in [-0.15, -0.1) is 0 Å². The average Bonchev–Trinajstić information content (AvgIpc) is 3.02. The summed E-state index contributed by atoms with van der Waals surface area (Å²) < 4.78 is 0. The Bertz CT molecular complexity index is 647. The number of nitrogens with one attached hydrogen (secondary N) is 2. The minimum absolute atomic E-state index is 0.00511. The molecule has 1 aliphatic rings. The SMILES string of the molecule is CC(C)(C)C(=O)NCCCC(=O)NCc1ccc(N2CCCC2=O)cc1. The number of carbonyl (C=O) groups excluding carboxylic acids is 3. The van der Waals surface area contributed by atoms with Crippen molar-refractivity contribution in [2.24, 2.45) is 5.41 Å². The molecule has 0 atom stereocenters. The van der Waals surface area contributed by atoms with Crippen LogP contribution in [0.15, 0.2) is 24.3 Å². The molecule has 1 fully saturated rings. The van der Waals surface area contributed by atoms with Gasteiger partial charge in [0.15, 0.2) is 0 Å². The minimum Gasteiger partial charge on any atom is -0.356 e. The standard InChI is InChI=1S/C20H29N3O3/c1-20(2,3)19(26)21-12-4-6-17(24)22-14-15-8-10-16(11-9-15)23-13-5-7-18(23)25/h8-11H,4-7,12-14H2,1-3H3,(H,21,26)(H,22,24). The second-order valence-corrected chi connectivity index (χ2v) is 7.70. The van der Waals surface area contributed by atoms with Crippen LogP contribution >= 0.6 is 0 Å². The van der Waals surface area contributed by atoms with E-state index in [2.05, 4.69) is 10.6 Å². The first kappa shape index (κ1) is 19.9. The highest BCUT2D eigenvalue weighted by atomic mass is 16.2. The zero-order valence-corrected chi connectivity index (χ0v) is 15.9. The second-order valence-electron chi connectivity index (χ2n) is 7.70. The van der Waals surface area contributed by atoms with Crippen molar-refractivity contribution in [2.45, 2.75) is 53.0 Å². The Balaban J connectivity index is 1.67.